The van der Waals surface area contributed by atoms with E-state index in [9.17, 15) is 0 Å². The molecule has 0 saturated heterocycles. The highest BCUT2D eigenvalue weighted by Gasteiger charge is 2.05. The quantitative estimate of drug-likeness (QED) is 0.778. The van der Waals surface area contributed by atoms with E-state index < -0.39 is 0 Å². The van der Waals surface area contributed by atoms with Crippen LogP contribution in [0.5, 0.6) is 0 Å². The molecule has 0 amide bonds. The Labute approximate surface area is 88.6 Å². The van der Waals surface area contributed by atoms with E-state index in [2.05, 4.69) is 21.1 Å². The molecule has 0 spiro atoms. The van der Waals surface area contributed by atoms with Crippen LogP contribution < -0.4 is 0 Å². The van der Waals surface area contributed by atoms with E-state index in [0.29, 0.717) is 5.02 Å². The minimum atomic E-state index is 0.694. The number of halogens is 2. The van der Waals surface area contributed by atoms with Crippen molar-refractivity contribution >= 4 is 27.5 Å². The van der Waals surface area contributed by atoms with Gasteiger partial charge in [-0.2, -0.15) is 0 Å². The third-order valence-corrected chi connectivity index (χ3v) is 2.54. The molecule has 2 aromatic rings. The summed E-state index contributed by atoms with van der Waals surface area (Å²) in [6.45, 7) is 0. The lowest BCUT2D eigenvalue weighted by molar-refractivity contribution is 0.422. The molecule has 0 aliphatic heterocycles. The number of benzene rings is 1. The monoisotopic (exact) mass is 257 g/mol. The van der Waals surface area contributed by atoms with Crippen LogP contribution >= 0.6 is 27.5 Å². The highest BCUT2D eigenvalue weighted by atomic mass is 79.9. The number of nitrogens with zero attached hydrogens (tertiary/aromatic N) is 1. The summed E-state index contributed by atoms with van der Waals surface area (Å²) in [6, 6.07) is 7.33. The summed E-state index contributed by atoms with van der Waals surface area (Å²) in [5.74, 6) is 0. The van der Waals surface area contributed by atoms with Gasteiger partial charge in [0.1, 0.15) is 12.0 Å². The molecule has 2 nitrogen and oxygen atoms in total. The number of hydrogen-bond donors (Lipinski definition) is 0. The van der Waals surface area contributed by atoms with Gasteiger partial charge in [-0.05, 0) is 12.1 Å². The van der Waals surface area contributed by atoms with Crippen LogP contribution in [0.3, 0.4) is 0 Å². The molecule has 13 heavy (non-hydrogen) atoms. The average Bonchev–Trinajstić information content (AvgIpc) is 2.56. The molecule has 0 bridgehead atoms. The van der Waals surface area contributed by atoms with Crippen molar-refractivity contribution in [2.75, 3.05) is 0 Å². The van der Waals surface area contributed by atoms with Crippen molar-refractivity contribution in [3.63, 3.8) is 0 Å². The minimum Gasteiger partial charge on any atom is -0.364 e. The van der Waals surface area contributed by atoms with Crippen LogP contribution in [0.1, 0.15) is 0 Å². The predicted molar refractivity (Wildman–Crippen MR) is 54.6 cm³/mol. The van der Waals surface area contributed by atoms with Gasteiger partial charge in [0.25, 0.3) is 0 Å². The third kappa shape index (κ3) is 1.76. The highest BCUT2D eigenvalue weighted by molar-refractivity contribution is 9.10. The zero-order valence-corrected chi connectivity index (χ0v) is 8.84. The third-order valence-electron chi connectivity index (χ3n) is 1.64. The lowest BCUT2D eigenvalue weighted by Gasteiger charge is -1.99. The van der Waals surface area contributed by atoms with Gasteiger partial charge in [0, 0.05) is 21.1 Å². The van der Waals surface area contributed by atoms with Crippen molar-refractivity contribution in [2.24, 2.45) is 0 Å². The summed E-state index contributed by atoms with van der Waals surface area (Å²) < 4.78 is 5.66. The molecule has 1 heterocycles. The lowest BCUT2D eigenvalue weighted by Crippen LogP contribution is -1.78. The maximum atomic E-state index is 5.80. The second kappa shape index (κ2) is 3.52. The summed E-state index contributed by atoms with van der Waals surface area (Å²) in [6.07, 6.45) is 1.54. The molecule has 2 rings (SSSR count). The summed E-state index contributed by atoms with van der Waals surface area (Å²) in [5.41, 5.74) is 1.77. The van der Waals surface area contributed by atoms with Crippen LogP contribution in [0.4, 0.5) is 0 Å². The number of aromatic nitrogens is 1. The molecule has 0 radical (unpaired) electrons. The Morgan fingerprint density at radius 3 is 2.77 bits per heavy atom. The van der Waals surface area contributed by atoms with Crippen LogP contribution in [0.15, 0.2) is 39.5 Å². The first-order valence-electron chi connectivity index (χ1n) is 3.63. The molecule has 4 heteroatoms. The van der Waals surface area contributed by atoms with E-state index in [0.717, 1.165) is 15.7 Å². The van der Waals surface area contributed by atoms with Crippen LogP contribution in [0.25, 0.3) is 11.3 Å². The van der Waals surface area contributed by atoms with Crippen LogP contribution in [0.2, 0.25) is 5.02 Å². The molecule has 1 aromatic heterocycles. The maximum absolute atomic E-state index is 5.80. The molecule has 0 N–H and O–H groups in total. The average molecular weight is 259 g/mol. The fraction of sp³-hybridized carbons (Fsp3) is 0. The van der Waals surface area contributed by atoms with Crippen LogP contribution in [-0.4, -0.2) is 5.16 Å². The smallest absolute Gasteiger partial charge is 0.124 e. The highest BCUT2D eigenvalue weighted by Crippen LogP contribution is 2.29. The van der Waals surface area contributed by atoms with Crippen LogP contribution in [0, 0.1) is 0 Å². The fourth-order valence-corrected chi connectivity index (χ4v) is 1.93. The van der Waals surface area contributed by atoms with Crippen molar-refractivity contribution in [1.82, 2.24) is 5.16 Å². The van der Waals surface area contributed by atoms with Gasteiger partial charge in [0.05, 0.1) is 0 Å². The van der Waals surface area contributed by atoms with E-state index in [-0.39, 0.29) is 0 Å². The van der Waals surface area contributed by atoms with E-state index in [1.165, 1.54) is 6.26 Å². The SMILES string of the molecule is Clc1ccc(-c2ccon2)c(Br)c1. The molecule has 1 aromatic carbocycles. The second-order valence-electron chi connectivity index (χ2n) is 2.51. The van der Waals surface area contributed by atoms with Crippen molar-refractivity contribution in [3.8, 4) is 11.3 Å². The van der Waals surface area contributed by atoms with E-state index >= 15 is 0 Å². The van der Waals surface area contributed by atoms with Crippen LogP contribution in [-0.2, 0) is 0 Å². The van der Waals surface area contributed by atoms with Crippen molar-refractivity contribution in [3.05, 3.63) is 40.0 Å². The Balaban J connectivity index is 2.53. The molecular weight excluding hydrogens is 253 g/mol. The Bertz CT molecular complexity index is 414. The zero-order valence-electron chi connectivity index (χ0n) is 6.50. The molecule has 66 valence electrons. The predicted octanol–water partition coefficient (Wildman–Crippen LogP) is 3.76. The molecule has 0 atom stereocenters. The number of rotatable bonds is 1. The minimum absolute atomic E-state index is 0.694. The van der Waals surface area contributed by atoms with Gasteiger partial charge in [0.2, 0.25) is 0 Å². The van der Waals surface area contributed by atoms with Gasteiger partial charge >= 0.3 is 0 Å². The summed E-state index contributed by atoms with van der Waals surface area (Å²) in [4.78, 5) is 0. The molecule has 0 aliphatic carbocycles. The Morgan fingerprint density at radius 2 is 2.15 bits per heavy atom. The van der Waals surface area contributed by atoms with Gasteiger partial charge in [-0.15, -0.1) is 0 Å². The second-order valence-corrected chi connectivity index (χ2v) is 3.80. The largest absolute Gasteiger partial charge is 0.364 e. The zero-order chi connectivity index (χ0) is 9.26. The standard InChI is InChI=1S/C9H5BrClNO/c10-8-5-6(11)1-2-7(8)9-3-4-13-12-9/h1-5H. The lowest BCUT2D eigenvalue weighted by atomic mass is 10.2. The van der Waals surface area contributed by atoms with Crippen molar-refractivity contribution in [1.29, 1.82) is 0 Å². The first-order valence-corrected chi connectivity index (χ1v) is 4.80. The Hall–Kier alpha value is -0.800. The van der Waals surface area contributed by atoms with Gasteiger partial charge in [0.15, 0.2) is 0 Å². The molecule has 0 saturated carbocycles. The first kappa shape index (κ1) is 8.78. The topological polar surface area (TPSA) is 26.0 Å². The van der Waals surface area contributed by atoms with E-state index in [1.807, 2.05) is 18.2 Å². The summed E-state index contributed by atoms with van der Waals surface area (Å²) in [5, 5.41) is 4.52. The Kier molecular flexibility index (Phi) is 2.38. The van der Waals surface area contributed by atoms with Crippen molar-refractivity contribution < 1.29 is 4.52 Å². The van der Waals surface area contributed by atoms with Gasteiger partial charge < -0.3 is 4.52 Å². The maximum Gasteiger partial charge on any atom is 0.124 e. The summed E-state index contributed by atoms with van der Waals surface area (Å²) >= 11 is 9.21. The van der Waals surface area contributed by atoms with Gasteiger partial charge in [-0.3, -0.25) is 0 Å². The molecule has 0 fully saturated rings. The number of hydrogen-bond acceptors (Lipinski definition) is 2. The normalized spacial score (nSPS) is 10.3. The molecule has 0 unspecified atom stereocenters. The van der Waals surface area contributed by atoms with Crippen molar-refractivity contribution in [2.45, 2.75) is 0 Å². The molecule has 0 aliphatic rings. The molecular formula is C9H5BrClNO. The van der Waals surface area contributed by atoms with Gasteiger partial charge in [-0.25, -0.2) is 0 Å². The Morgan fingerprint density at radius 1 is 1.31 bits per heavy atom. The fourth-order valence-electron chi connectivity index (χ4n) is 1.05. The van der Waals surface area contributed by atoms with Gasteiger partial charge in [-0.1, -0.05) is 38.8 Å². The summed E-state index contributed by atoms with van der Waals surface area (Å²) in [7, 11) is 0. The van der Waals surface area contributed by atoms with E-state index in [4.69, 9.17) is 16.1 Å². The first-order chi connectivity index (χ1) is 6.27. The van der Waals surface area contributed by atoms with E-state index in [1.54, 1.807) is 6.07 Å².